The van der Waals surface area contributed by atoms with E-state index in [1.54, 1.807) is 31.2 Å². The molecular formula is C22H36N6O5. The number of amides is 5. The van der Waals surface area contributed by atoms with E-state index in [9.17, 15) is 19.2 Å². The van der Waals surface area contributed by atoms with Gasteiger partial charge in [0.2, 0.25) is 11.8 Å². The van der Waals surface area contributed by atoms with Gasteiger partial charge in [0.15, 0.2) is 0 Å². The molecule has 1 aromatic rings. The number of nitrogens with one attached hydrogen (secondary N) is 5. The van der Waals surface area contributed by atoms with E-state index < -0.39 is 24.2 Å². The summed E-state index contributed by atoms with van der Waals surface area (Å²) in [6, 6.07) is 4.83. The number of primary amides is 1. The number of alkyl carbamates (subject to hydrolysis) is 1. The second-order valence-corrected chi connectivity index (χ2v) is 8.62. The molecule has 11 nitrogen and oxygen atoms in total. The van der Waals surface area contributed by atoms with Crippen molar-refractivity contribution in [1.82, 2.24) is 21.3 Å². The van der Waals surface area contributed by atoms with Gasteiger partial charge in [-0.1, -0.05) is 12.1 Å². The van der Waals surface area contributed by atoms with Crippen LogP contribution in [-0.4, -0.2) is 55.2 Å². The van der Waals surface area contributed by atoms with Gasteiger partial charge in [-0.2, -0.15) is 0 Å². The van der Waals surface area contributed by atoms with Crippen LogP contribution in [-0.2, 0) is 20.9 Å². The summed E-state index contributed by atoms with van der Waals surface area (Å²) in [6.45, 7) is 7.94. The molecule has 0 saturated carbocycles. The summed E-state index contributed by atoms with van der Waals surface area (Å²) in [7, 11) is 1.47. The summed E-state index contributed by atoms with van der Waals surface area (Å²) in [5, 5.41) is 13.6. The Bertz CT molecular complexity index is 806. The van der Waals surface area contributed by atoms with Crippen LogP contribution in [0.3, 0.4) is 0 Å². The molecule has 0 aliphatic carbocycles. The Morgan fingerprint density at radius 1 is 1.06 bits per heavy atom. The first kappa shape index (κ1) is 27.7. The lowest BCUT2D eigenvalue weighted by atomic mass is 10.1. The molecule has 0 aromatic heterocycles. The van der Waals surface area contributed by atoms with Gasteiger partial charge in [0, 0.05) is 24.8 Å². The molecule has 0 aliphatic heterocycles. The maximum atomic E-state index is 12.9. The van der Waals surface area contributed by atoms with Crippen molar-refractivity contribution in [2.45, 2.75) is 64.8 Å². The van der Waals surface area contributed by atoms with Gasteiger partial charge >= 0.3 is 12.1 Å². The van der Waals surface area contributed by atoms with Crippen LogP contribution in [0.15, 0.2) is 24.3 Å². The third kappa shape index (κ3) is 11.7. The molecule has 0 spiro atoms. The van der Waals surface area contributed by atoms with Crippen LogP contribution in [0.1, 0.15) is 46.1 Å². The smallest absolute Gasteiger partial charge is 0.407 e. The molecular weight excluding hydrogens is 428 g/mol. The molecule has 33 heavy (non-hydrogen) atoms. The molecule has 7 N–H and O–H groups in total. The minimum absolute atomic E-state index is 0.0953. The molecule has 0 bridgehead atoms. The molecule has 184 valence electrons. The number of hydrogen-bond donors (Lipinski definition) is 6. The van der Waals surface area contributed by atoms with Crippen molar-refractivity contribution in [1.29, 1.82) is 0 Å². The normalized spacial score (nSPS) is 12.8. The summed E-state index contributed by atoms with van der Waals surface area (Å²) < 4.78 is 4.98. The first-order chi connectivity index (χ1) is 15.4. The van der Waals surface area contributed by atoms with E-state index in [1.807, 2.05) is 20.8 Å². The van der Waals surface area contributed by atoms with Gasteiger partial charge in [-0.3, -0.25) is 9.59 Å². The number of hydrogen-bond acceptors (Lipinski definition) is 6. The van der Waals surface area contributed by atoms with E-state index in [4.69, 9.17) is 10.5 Å². The fourth-order valence-corrected chi connectivity index (χ4v) is 2.93. The van der Waals surface area contributed by atoms with Crippen LogP contribution >= 0.6 is 0 Å². The zero-order valence-electron chi connectivity index (χ0n) is 19.9. The highest BCUT2D eigenvalue weighted by atomic mass is 16.5. The highest BCUT2D eigenvalue weighted by molar-refractivity contribution is 5.97. The fourth-order valence-electron chi connectivity index (χ4n) is 2.93. The Balaban J connectivity index is 2.78. The number of rotatable bonds is 11. The fraction of sp³-hybridized carbons (Fsp3) is 0.545. The van der Waals surface area contributed by atoms with Gasteiger partial charge in [-0.15, -0.1) is 0 Å². The summed E-state index contributed by atoms with van der Waals surface area (Å²) in [5.74, 6) is -0.700. The predicted molar refractivity (Wildman–Crippen MR) is 125 cm³/mol. The van der Waals surface area contributed by atoms with Crippen molar-refractivity contribution < 1.29 is 23.9 Å². The molecule has 5 amide bonds. The van der Waals surface area contributed by atoms with E-state index in [-0.39, 0.29) is 30.5 Å². The largest absolute Gasteiger partial charge is 0.445 e. The Morgan fingerprint density at radius 2 is 1.70 bits per heavy atom. The molecule has 1 aromatic carbocycles. The second kappa shape index (κ2) is 13.3. The first-order valence-electron chi connectivity index (χ1n) is 10.8. The van der Waals surface area contributed by atoms with Crippen molar-refractivity contribution in [3.63, 3.8) is 0 Å². The molecule has 0 fully saturated rings. The van der Waals surface area contributed by atoms with E-state index in [2.05, 4.69) is 26.6 Å². The third-order valence-corrected chi connectivity index (χ3v) is 4.44. The maximum absolute atomic E-state index is 12.9. The van der Waals surface area contributed by atoms with Gasteiger partial charge in [-0.05, 0) is 58.2 Å². The first-order valence-corrected chi connectivity index (χ1v) is 10.8. The molecule has 0 aliphatic rings. The zero-order valence-corrected chi connectivity index (χ0v) is 19.9. The Labute approximate surface area is 194 Å². The van der Waals surface area contributed by atoms with Gasteiger partial charge < -0.3 is 37.1 Å². The zero-order chi connectivity index (χ0) is 25.0. The average Bonchev–Trinajstić information content (AvgIpc) is 2.73. The quantitative estimate of drug-likeness (QED) is 0.269. The van der Waals surface area contributed by atoms with Crippen molar-refractivity contribution in [2.75, 3.05) is 18.9 Å². The number of urea groups is 1. The average molecular weight is 465 g/mol. The lowest BCUT2D eigenvalue weighted by Crippen LogP contribution is -2.54. The molecule has 2 atom stereocenters. The SMILES string of the molecule is CNC(=O)OCc1ccc(NC(=O)[C@H](CCCNC(N)=O)NC(=O)[C@H](C)NC(C)(C)C)cc1. The highest BCUT2D eigenvalue weighted by Gasteiger charge is 2.25. The lowest BCUT2D eigenvalue weighted by Gasteiger charge is -2.27. The Kier molecular flexibility index (Phi) is 11.1. The van der Waals surface area contributed by atoms with Crippen LogP contribution in [0, 0.1) is 0 Å². The standard InChI is InChI=1S/C22H36N6O5/c1-14(28-22(2,3)4)18(29)27-17(7-6-12-25-20(23)31)19(30)26-16-10-8-15(9-11-16)13-33-21(32)24-5/h8-11,14,17,28H,6-7,12-13H2,1-5H3,(H,24,32)(H,26,30)(H,27,29)(H3,23,25,31)/t14-,17-/m0/s1. The minimum Gasteiger partial charge on any atom is -0.445 e. The number of ether oxygens (including phenoxy) is 1. The third-order valence-electron chi connectivity index (χ3n) is 4.44. The topological polar surface area (TPSA) is 164 Å². The summed E-state index contributed by atoms with van der Waals surface area (Å²) in [5.41, 5.74) is 6.07. The predicted octanol–water partition coefficient (Wildman–Crippen LogP) is 1.19. The highest BCUT2D eigenvalue weighted by Crippen LogP contribution is 2.12. The van der Waals surface area contributed by atoms with Crippen molar-refractivity contribution in [3.8, 4) is 0 Å². The number of carbonyl (C=O) groups excluding carboxylic acids is 4. The minimum atomic E-state index is -0.812. The van der Waals surface area contributed by atoms with Gasteiger partial charge in [-0.25, -0.2) is 9.59 Å². The summed E-state index contributed by atoms with van der Waals surface area (Å²) >= 11 is 0. The molecule has 0 heterocycles. The van der Waals surface area contributed by atoms with Gasteiger partial charge in [0.1, 0.15) is 12.6 Å². The van der Waals surface area contributed by atoms with Crippen LogP contribution in [0.5, 0.6) is 0 Å². The van der Waals surface area contributed by atoms with Crippen LogP contribution in [0.2, 0.25) is 0 Å². The van der Waals surface area contributed by atoms with Gasteiger partial charge in [0.25, 0.3) is 0 Å². The molecule has 0 saturated heterocycles. The summed E-state index contributed by atoms with van der Waals surface area (Å²) in [4.78, 5) is 47.6. The van der Waals surface area contributed by atoms with E-state index in [1.165, 1.54) is 7.05 Å². The lowest BCUT2D eigenvalue weighted by molar-refractivity contribution is -0.128. The van der Waals surface area contributed by atoms with Crippen LogP contribution < -0.4 is 32.3 Å². The summed E-state index contributed by atoms with van der Waals surface area (Å²) in [6.07, 6.45) is 0.211. The van der Waals surface area contributed by atoms with E-state index in [0.717, 1.165) is 5.56 Å². The number of benzene rings is 1. The molecule has 11 heteroatoms. The van der Waals surface area contributed by atoms with Crippen LogP contribution in [0.4, 0.5) is 15.3 Å². The van der Waals surface area contributed by atoms with E-state index in [0.29, 0.717) is 18.5 Å². The Hall–Kier alpha value is -3.34. The maximum Gasteiger partial charge on any atom is 0.407 e. The monoisotopic (exact) mass is 464 g/mol. The number of nitrogens with two attached hydrogens (primary N) is 1. The second-order valence-electron chi connectivity index (χ2n) is 8.62. The van der Waals surface area contributed by atoms with Crippen LogP contribution in [0.25, 0.3) is 0 Å². The molecule has 1 rings (SSSR count). The van der Waals surface area contributed by atoms with Crippen molar-refractivity contribution in [3.05, 3.63) is 29.8 Å². The van der Waals surface area contributed by atoms with Crippen molar-refractivity contribution >= 4 is 29.6 Å². The Morgan fingerprint density at radius 3 is 2.24 bits per heavy atom. The molecule has 0 radical (unpaired) electrons. The van der Waals surface area contributed by atoms with E-state index >= 15 is 0 Å². The van der Waals surface area contributed by atoms with Crippen molar-refractivity contribution in [2.24, 2.45) is 5.73 Å². The number of anilines is 1. The van der Waals surface area contributed by atoms with Gasteiger partial charge in [0.05, 0.1) is 6.04 Å². The number of carbonyl (C=O) groups is 4. The molecule has 0 unspecified atom stereocenters.